The van der Waals surface area contributed by atoms with Gasteiger partial charge in [-0.3, -0.25) is 4.79 Å². The van der Waals surface area contributed by atoms with E-state index in [9.17, 15) is 4.79 Å². The van der Waals surface area contributed by atoms with Crippen LogP contribution in [0, 0.1) is 0 Å². The Morgan fingerprint density at radius 3 is 3.22 bits per heavy atom. The summed E-state index contributed by atoms with van der Waals surface area (Å²) < 4.78 is 1.98. The lowest BCUT2D eigenvalue weighted by atomic mass is 10.0. The lowest BCUT2D eigenvalue weighted by Gasteiger charge is -2.22. The highest BCUT2D eigenvalue weighted by Crippen LogP contribution is 2.13. The van der Waals surface area contributed by atoms with Gasteiger partial charge in [-0.15, -0.1) is 0 Å². The number of imidazole rings is 1. The first-order chi connectivity index (χ1) is 8.85. The molecule has 1 aliphatic heterocycles. The number of nitrogens with zero attached hydrogens (tertiary/aromatic N) is 2. The van der Waals surface area contributed by atoms with Crippen molar-refractivity contribution in [3.05, 3.63) is 35.8 Å². The summed E-state index contributed by atoms with van der Waals surface area (Å²) in [5, 5.41) is 3.53. The molecule has 1 atom stereocenters. The first kappa shape index (κ1) is 11.4. The summed E-state index contributed by atoms with van der Waals surface area (Å²) in [6, 6.07) is 4.18. The fourth-order valence-corrected chi connectivity index (χ4v) is 2.57. The molecule has 4 heteroatoms. The summed E-state index contributed by atoms with van der Waals surface area (Å²) in [5.74, 6) is 0. The van der Waals surface area contributed by atoms with Gasteiger partial charge < -0.3 is 9.72 Å². The molecule has 0 bridgehead atoms. The minimum atomic E-state index is 0.550. The van der Waals surface area contributed by atoms with Crippen molar-refractivity contribution in [3.63, 3.8) is 0 Å². The normalized spacial score (nSPS) is 20.1. The van der Waals surface area contributed by atoms with E-state index in [1.807, 2.05) is 22.7 Å². The Labute approximate surface area is 106 Å². The van der Waals surface area contributed by atoms with E-state index in [1.165, 1.54) is 19.3 Å². The van der Waals surface area contributed by atoms with E-state index in [2.05, 4.69) is 16.5 Å². The summed E-state index contributed by atoms with van der Waals surface area (Å²) in [4.78, 5) is 15.3. The molecule has 0 saturated carbocycles. The molecule has 2 aromatic rings. The molecule has 1 saturated heterocycles. The number of pyridine rings is 1. The standard InChI is InChI=1S/C14H17N3O/c18-10-11-4-6-17-9-13(16-14(17)7-11)8-12-3-1-2-5-15-12/h4,6-7,9-10,12,15H,1-3,5,8H2. The Balaban J connectivity index is 1.81. The van der Waals surface area contributed by atoms with E-state index in [1.54, 1.807) is 0 Å². The van der Waals surface area contributed by atoms with Crippen molar-refractivity contribution in [3.8, 4) is 0 Å². The Morgan fingerprint density at radius 2 is 2.44 bits per heavy atom. The number of carbonyl (C=O) groups excluding carboxylic acids is 1. The van der Waals surface area contributed by atoms with Crippen LogP contribution in [0.1, 0.15) is 35.3 Å². The van der Waals surface area contributed by atoms with Crippen molar-refractivity contribution >= 4 is 11.9 Å². The molecule has 1 aliphatic rings. The maximum atomic E-state index is 10.7. The summed E-state index contributed by atoms with van der Waals surface area (Å²) in [5.41, 5.74) is 2.62. The monoisotopic (exact) mass is 243 g/mol. The molecule has 0 amide bonds. The molecule has 18 heavy (non-hydrogen) atoms. The number of fused-ring (bicyclic) bond motifs is 1. The predicted octanol–water partition coefficient (Wildman–Crippen LogP) is 1.83. The van der Waals surface area contributed by atoms with Gasteiger partial charge in [0.25, 0.3) is 0 Å². The molecule has 1 N–H and O–H groups in total. The zero-order chi connectivity index (χ0) is 12.4. The summed E-state index contributed by atoms with van der Waals surface area (Å²) in [7, 11) is 0. The number of hydrogen-bond acceptors (Lipinski definition) is 3. The molecule has 0 aliphatic carbocycles. The number of carbonyl (C=O) groups is 1. The zero-order valence-corrected chi connectivity index (χ0v) is 10.3. The van der Waals surface area contributed by atoms with E-state index >= 15 is 0 Å². The highest BCUT2D eigenvalue weighted by molar-refractivity contribution is 5.76. The van der Waals surface area contributed by atoms with Crippen LogP contribution < -0.4 is 5.32 Å². The van der Waals surface area contributed by atoms with Gasteiger partial charge in [0.05, 0.1) is 5.69 Å². The number of hydrogen-bond donors (Lipinski definition) is 1. The summed E-state index contributed by atoms with van der Waals surface area (Å²) >= 11 is 0. The highest BCUT2D eigenvalue weighted by atomic mass is 16.1. The van der Waals surface area contributed by atoms with E-state index in [0.717, 1.165) is 30.6 Å². The molecular formula is C14H17N3O. The van der Waals surface area contributed by atoms with Crippen LogP contribution in [0.2, 0.25) is 0 Å². The molecule has 1 fully saturated rings. The Hall–Kier alpha value is -1.68. The zero-order valence-electron chi connectivity index (χ0n) is 10.3. The molecule has 0 radical (unpaired) electrons. The van der Waals surface area contributed by atoms with Gasteiger partial charge in [-0.2, -0.15) is 0 Å². The number of nitrogens with one attached hydrogen (secondary N) is 1. The molecule has 3 rings (SSSR count). The van der Waals surface area contributed by atoms with Gasteiger partial charge in [-0.1, -0.05) is 6.42 Å². The first-order valence-corrected chi connectivity index (χ1v) is 6.51. The minimum absolute atomic E-state index is 0.550. The van der Waals surface area contributed by atoms with Crippen LogP contribution in [-0.4, -0.2) is 28.3 Å². The third-order valence-electron chi connectivity index (χ3n) is 3.54. The van der Waals surface area contributed by atoms with Crippen LogP contribution in [0.5, 0.6) is 0 Å². The molecular weight excluding hydrogens is 226 g/mol. The number of aromatic nitrogens is 2. The fourth-order valence-electron chi connectivity index (χ4n) is 2.57. The van der Waals surface area contributed by atoms with E-state index < -0.39 is 0 Å². The largest absolute Gasteiger partial charge is 0.314 e. The average molecular weight is 243 g/mol. The van der Waals surface area contributed by atoms with Crippen molar-refractivity contribution in [2.24, 2.45) is 0 Å². The van der Waals surface area contributed by atoms with Crippen molar-refractivity contribution in [2.75, 3.05) is 6.54 Å². The van der Waals surface area contributed by atoms with Gasteiger partial charge in [0, 0.05) is 30.4 Å². The lowest BCUT2D eigenvalue weighted by Crippen LogP contribution is -2.35. The van der Waals surface area contributed by atoms with Crippen molar-refractivity contribution in [1.29, 1.82) is 0 Å². The SMILES string of the molecule is O=Cc1ccn2cc(CC3CCCCN3)nc2c1. The molecule has 0 spiro atoms. The third kappa shape index (κ3) is 2.29. The Kier molecular flexibility index (Phi) is 3.11. The first-order valence-electron chi connectivity index (χ1n) is 6.51. The molecule has 94 valence electrons. The van der Waals surface area contributed by atoms with Crippen LogP contribution >= 0.6 is 0 Å². The maximum Gasteiger partial charge on any atom is 0.150 e. The summed E-state index contributed by atoms with van der Waals surface area (Å²) in [6.45, 7) is 1.12. The maximum absolute atomic E-state index is 10.7. The Morgan fingerprint density at radius 1 is 1.50 bits per heavy atom. The fraction of sp³-hybridized carbons (Fsp3) is 0.429. The van der Waals surface area contributed by atoms with Gasteiger partial charge in [0.15, 0.2) is 0 Å². The molecule has 2 aromatic heterocycles. The quantitative estimate of drug-likeness (QED) is 0.837. The van der Waals surface area contributed by atoms with Crippen LogP contribution in [0.4, 0.5) is 0 Å². The average Bonchev–Trinajstić information content (AvgIpc) is 2.80. The molecule has 4 nitrogen and oxygen atoms in total. The van der Waals surface area contributed by atoms with Crippen LogP contribution in [0.25, 0.3) is 5.65 Å². The number of piperidine rings is 1. The van der Waals surface area contributed by atoms with Crippen molar-refractivity contribution in [1.82, 2.24) is 14.7 Å². The van der Waals surface area contributed by atoms with Crippen molar-refractivity contribution in [2.45, 2.75) is 31.7 Å². The van der Waals surface area contributed by atoms with Crippen LogP contribution in [0.15, 0.2) is 24.5 Å². The third-order valence-corrected chi connectivity index (χ3v) is 3.54. The molecule has 0 aromatic carbocycles. The van der Waals surface area contributed by atoms with E-state index in [0.29, 0.717) is 11.6 Å². The van der Waals surface area contributed by atoms with Gasteiger partial charge in [0.2, 0.25) is 0 Å². The second kappa shape index (κ2) is 4.90. The minimum Gasteiger partial charge on any atom is -0.314 e. The Bertz CT molecular complexity index is 555. The molecule has 3 heterocycles. The van der Waals surface area contributed by atoms with Gasteiger partial charge in [-0.25, -0.2) is 4.98 Å². The number of rotatable bonds is 3. The van der Waals surface area contributed by atoms with Gasteiger partial charge in [-0.05, 0) is 31.5 Å². The lowest BCUT2D eigenvalue weighted by molar-refractivity contribution is 0.112. The smallest absolute Gasteiger partial charge is 0.150 e. The van der Waals surface area contributed by atoms with Crippen LogP contribution in [-0.2, 0) is 6.42 Å². The second-order valence-corrected chi connectivity index (χ2v) is 4.93. The van der Waals surface area contributed by atoms with Gasteiger partial charge in [0.1, 0.15) is 11.9 Å². The predicted molar refractivity (Wildman–Crippen MR) is 69.9 cm³/mol. The topological polar surface area (TPSA) is 46.4 Å². The number of aldehydes is 1. The van der Waals surface area contributed by atoms with Gasteiger partial charge >= 0.3 is 0 Å². The van der Waals surface area contributed by atoms with Crippen molar-refractivity contribution < 1.29 is 4.79 Å². The molecule has 1 unspecified atom stereocenters. The van der Waals surface area contributed by atoms with E-state index in [-0.39, 0.29) is 0 Å². The van der Waals surface area contributed by atoms with E-state index in [4.69, 9.17) is 0 Å². The van der Waals surface area contributed by atoms with Crippen LogP contribution in [0.3, 0.4) is 0 Å². The summed E-state index contributed by atoms with van der Waals surface area (Å²) in [6.07, 6.45) is 9.59. The highest BCUT2D eigenvalue weighted by Gasteiger charge is 2.14. The second-order valence-electron chi connectivity index (χ2n) is 4.93.